The quantitative estimate of drug-likeness (QED) is 0.804. The first-order chi connectivity index (χ1) is 9.95. The van der Waals surface area contributed by atoms with Gasteiger partial charge in [0.05, 0.1) is 4.90 Å². The number of nitrogens with one attached hydrogen (secondary N) is 1. The lowest BCUT2D eigenvalue weighted by Crippen LogP contribution is -2.51. The molecular weight excluding hydrogens is 306 g/mol. The van der Waals surface area contributed by atoms with Crippen LogP contribution in [0.2, 0.25) is 0 Å². The van der Waals surface area contributed by atoms with Gasteiger partial charge in [-0.15, -0.1) is 11.3 Å². The highest BCUT2D eigenvalue weighted by molar-refractivity contribution is 7.89. The summed E-state index contributed by atoms with van der Waals surface area (Å²) in [4.78, 5) is 3.71. The Bertz CT molecular complexity index is 556. The molecule has 0 aromatic carbocycles. The van der Waals surface area contributed by atoms with Crippen LogP contribution in [-0.4, -0.2) is 56.9 Å². The molecule has 1 atom stereocenters. The summed E-state index contributed by atoms with van der Waals surface area (Å²) in [7, 11) is -1.30. The van der Waals surface area contributed by atoms with Crippen LogP contribution in [0, 0.1) is 0 Å². The maximum absolute atomic E-state index is 12.7. The maximum atomic E-state index is 12.7. The molecule has 0 amide bonds. The highest BCUT2D eigenvalue weighted by Gasteiger charge is 2.31. The van der Waals surface area contributed by atoms with Crippen LogP contribution in [0.1, 0.15) is 25.1 Å². The number of piperazine rings is 1. The normalized spacial score (nSPS) is 21.8. The van der Waals surface area contributed by atoms with Crippen molar-refractivity contribution in [2.45, 2.75) is 37.8 Å². The van der Waals surface area contributed by atoms with Gasteiger partial charge in [0.25, 0.3) is 0 Å². The molecule has 7 heteroatoms. The van der Waals surface area contributed by atoms with Crippen molar-refractivity contribution in [3.05, 3.63) is 16.3 Å². The summed E-state index contributed by atoms with van der Waals surface area (Å²) in [5.74, 6) is 0. The number of likely N-dealkylation sites (N-methyl/N-ethyl adjacent to an activating group) is 1. The lowest BCUT2D eigenvalue weighted by Gasteiger charge is -2.36. The van der Waals surface area contributed by atoms with Crippen molar-refractivity contribution in [1.29, 1.82) is 0 Å². The Balaban J connectivity index is 2.06. The minimum Gasteiger partial charge on any atom is -0.312 e. The molecule has 1 aromatic heterocycles. The SMILES string of the molecule is CCCNCc1cc(S(=O)(=O)N2CCN(C)C(C)C2)cs1. The molecule has 1 aliphatic rings. The molecule has 1 saturated heterocycles. The largest absolute Gasteiger partial charge is 0.312 e. The van der Waals surface area contributed by atoms with Gasteiger partial charge in [0.1, 0.15) is 0 Å². The van der Waals surface area contributed by atoms with E-state index in [1.165, 1.54) is 11.3 Å². The van der Waals surface area contributed by atoms with Gasteiger partial charge < -0.3 is 10.2 Å². The van der Waals surface area contributed by atoms with Crippen molar-refractivity contribution in [3.63, 3.8) is 0 Å². The fraction of sp³-hybridized carbons (Fsp3) is 0.714. The zero-order chi connectivity index (χ0) is 15.5. The summed E-state index contributed by atoms with van der Waals surface area (Å²) in [6.07, 6.45) is 1.08. The fourth-order valence-corrected chi connectivity index (χ4v) is 5.10. The average molecular weight is 332 g/mol. The van der Waals surface area contributed by atoms with E-state index < -0.39 is 10.0 Å². The molecule has 0 bridgehead atoms. The Kier molecular flexibility index (Phi) is 5.79. The summed E-state index contributed by atoms with van der Waals surface area (Å²) in [5.41, 5.74) is 0. The monoisotopic (exact) mass is 331 g/mol. The molecule has 1 unspecified atom stereocenters. The van der Waals surface area contributed by atoms with Gasteiger partial charge in [0, 0.05) is 42.5 Å². The lowest BCUT2D eigenvalue weighted by molar-refractivity contribution is 0.159. The average Bonchev–Trinajstić information content (AvgIpc) is 2.91. The molecule has 0 saturated carbocycles. The van der Waals surface area contributed by atoms with Gasteiger partial charge in [-0.2, -0.15) is 4.31 Å². The van der Waals surface area contributed by atoms with Gasteiger partial charge in [0.15, 0.2) is 0 Å². The number of nitrogens with zero attached hydrogens (tertiary/aromatic N) is 2. The molecule has 2 rings (SSSR count). The topological polar surface area (TPSA) is 52.7 Å². The van der Waals surface area contributed by atoms with E-state index in [-0.39, 0.29) is 6.04 Å². The van der Waals surface area contributed by atoms with E-state index in [1.807, 2.05) is 13.1 Å². The van der Waals surface area contributed by atoms with Crippen molar-refractivity contribution in [2.24, 2.45) is 0 Å². The third-order valence-corrected chi connectivity index (χ3v) is 6.84. The Morgan fingerprint density at radius 1 is 1.43 bits per heavy atom. The van der Waals surface area contributed by atoms with Crippen molar-refractivity contribution >= 4 is 21.4 Å². The van der Waals surface area contributed by atoms with E-state index in [9.17, 15) is 8.42 Å². The molecule has 1 N–H and O–H groups in total. The third-order valence-electron chi connectivity index (χ3n) is 3.92. The van der Waals surface area contributed by atoms with E-state index in [4.69, 9.17) is 0 Å². The minimum absolute atomic E-state index is 0.262. The summed E-state index contributed by atoms with van der Waals surface area (Å²) >= 11 is 1.51. The van der Waals surface area contributed by atoms with Crippen LogP contribution >= 0.6 is 11.3 Å². The number of thiophene rings is 1. The van der Waals surface area contributed by atoms with Crippen LogP contribution < -0.4 is 5.32 Å². The first-order valence-corrected chi connectivity index (χ1v) is 9.75. The Morgan fingerprint density at radius 3 is 2.86 bits per heavy atom. The van der Waals surface area contributed by atoms with Gasteiger partial charge in [-0.25, -0.2) is 8.42 Å². The summed E-state index contributed by atoms with van der Waals surface area (Å²) < 4.78 is 27.0. The van der Waals surface area contributed by atoms with Crippen LogP contribution in [0.3, 0.4) is 0 Å². The van der Waals surface area contributed by atoms with Crippen LogP contribution in [0.15, 0.2) is 16.3 Å². The molecule has 1 aromatic rings. The summed E-state index contributed by atoms with van der Waals surface area (Å²) in [5, 5.41) is 5.07. The van der Waals surface area contributed by atoms with Crippen molar-refractivity contribution in [1.82, 2.24) is 14.5 Å². The second-order valence-electron chi connectivity index (χ2n) is 5.62. The molecule has 2 heterocycles. The van der Waals surface area contributed by atoms with Crippen LogP contribution in [0.25, 0.3) is 0 Å². The molecule has 21 heavy (non-hydrogen) atoms. The van der Waals surface area contributed by atoms with E-state index in [0.717, 1.165) is 30.9 Å². The first kappa shape index (κ1) is 16.9. The Morgan fingerprint density at radius 2 is 2.19 bits per heavy atom. The second-order valence-corrected chi connectivity index (χ2v) is 8.55. The van der Waals surface area contributed by atoms with E-state index in [1.54, 1.807) is 9.69 Å². The van der Waals surface area contributed by atoms with Crippen molar-refractivity contribution in [2.75, 3.05) is 33.2 Å². The predicted octanol–water partition coefficient (Wildman–Crippen LogP) is 1.57. The fourth-order valence-electron chi connectivity index (χ4n) is 2.36. The maximum Gasteiger partial charge on any atom is 0.244 e. The molecule has 120 valence electrons. The van der Waals surface area contributed by atoms with E-state index in [0.29, 0.717) is 18.0 Å². The van der Waals surface area contributed by atoms with Gasteiger partial charge in [-0.3, -0.25) is 0 Å². The predicted molar refractivity (Wildman–Crippen MR) is 87.2 cm³/mol. The van der Waals surface area contributed by atoms with Crippen LogP contribution in [0.5, 0.6) is 0 Å². The summed E-state index contributed by atoms with van der Waals surface area (Å²) in [6, 6.07) is 2.07. The van der Waals surface area contributed by atoms with Gasteiger partial charge in [-0.1, -0.05) is 6.92 Å². The van der Waals surface area contributed by atoms with Crippen LogP contribution in [-0.2, 0) is 16.6 Å². The molecular formula is C14H25N3O2S2. The molecule has 1 aliphatic heterocycles. The highest BCUT2D eigenvalue weighted by atomic mass is 32.2. The van der Waals surface area contributed by atoms with E-state index >= 15 is 0 Å². The number of hydrogen-bond donors (Lipinski definition) is 1. The number of hydrogen-bond acceptors (Lipinski definition) is 5. The first-order valence-electron chi connectivity index (χ1n) is 7.43. The van der Waals surface area contributed by atoms with Crippen LogP contribution in [0.4, 0.5) is 0 Å². The molecule has 5 nitrogen and oxygen atoms in total. The Hall–Kier alpha value is -0.470. The smallest absolute Gasteiger partial charge is 0.244 e. The number of rotatable bonds is 6. The van der Waals surface area contributed by atoms with Gasteiger partial charge >= 0.3 is 0 Å². The zero-order valence-corrected chi connectivity index (χ0v) is 14.6. The molecule has 0 spiro atoms. The zero-order valence-electron chi connectivity index (χ0n) is 13.0. The standard InChI is InChI=1S/C14H25N3O2S2/c1-4-5-15-9-13-8-14(11-20-13)21(18,19)17-7-6-16(3)12(2)10-17/h8,11-12,15H,4-7,9-10H2,1-3H3. The van der Waals surface area contributed by atoms with Crippen molar-refractivity contribution in [3.8, 4) is 0 Å². The lowest BCUT2D eigenvalue weighted by atomic mass is 10.2. The third kappa shape index (κ3) is 4.04. The minimum atomic E-state index is -3.34. The molecule has 1 fully saturated rings. The van der Waals surface area contributed by atoms with Gasteiger partial charge in [0.2, 0.25) is 10.0 Å². The summed E-state index contributed by atoms with van der Waals surface area (Å²) in [6.45, 7) is 7.81. The van der Waals surface area contributed by atoms with Crippen molar-refractivity contribution < 1.29 is 8.42 Å². The molecule has 0 aliphatic carbocycles. The second kappa shape index (κ2) is 7.19. The van der Waals surface area contributed by atoms with Gasteiger partial charge in [-0.05, 0) is 33.0 Å². The number of sulfonamides is 1. The Labute approximate surface area is 132 Å². The highest BCUT2D eigenvalue weighted by Crippen LogP contribution is 2.24. The molecule has 0 radical (unpaired) electrons. The van der Waals surface area contributed by atoms with E-state index in [2.05, 4.69) is 24.1 Å².